The number of aliphatic hydroxyl groups is 1. The molecule has 0 spiro atoms. The van der Waals surface area contributed by atoms with Gasteiger partial charge in [0.2, 0.25) is 0 Å². The van der Waals surface area contributed by atoms with Crippen LogP contribution in [0, 0.1) is 5.82 Å². The summed E-state index contributed by atoms with van der Waals surface area (Å²) in [5, 5.41) is 9.40. The minimum Gasteiger partial charge on any atom is -0.389 e. The SMILES string of the molecule is CC(O)c1ccc(SCc2cncc(F)c2)cc1. The molecule has 1 atom stereocenters. The second kappa shape index (κ2) is 5.98. The number of pyridine rings is 1. The van der Waals surface area contributed by atoms with Gasteiger partial charge in [-0.3, -0.25) is 4.98 Å². The second-order valence-corrected chi connectivity index (χ2v) is 5.09. The van der Waals surface area contributed by atoms with Crippen molar-refractivity contribution < 1.29 is 9.50 Å². The summed E-state index contributed by atoms with van der Waals surface area (Å²) in [4.78, 5) is 4.90. The molecule has 0 aliphatic carbocycles. The topological polar surface area (TPSA) is 33.1 Å². The summed E-state index contributed by atoms with van der Waals surface area (Å²) in [7, 11) is 0. The largest absolute Gasteiger partial charge is 0.389 e. The summed E-state index contributed by atoms with van der Waals surface area (Å²) < 4.78 is 12.9. The molecule has 1 aromatic heterocycles. The Labute approximate surface area is 110 Å². The number of thioether (sulfide) groups is 1. The van der Waals surface area contributed by atoms with Gasteiger partial charge in [-0.2, -0.15) is 0 Å². The van der Waals surface area contributed by atoms with Crippen molar-refractivity contribution in [3.8, 4) is 0 Å². The summed E-state index contributed by atoms with van der Waals surface area (Å²) in [6, 6.07) is 9.21. The Balaban J connectivity index is 1.98. The van der Waals surface area contributed by atoms with Gasteiger partial charge < -0.3 is 5.11 Å². The van der Waals surface area contributed by atoms with Crippen molar-refractivity contribution in [1.82, 2.24) is 4.98 Å². The Bertz CT molecular complexity index is 513. The highest BCUT2D eigenvalue weighted by molar-refractivity contribution is 7.98. The van der Waals surface area contributed by atoms with Crippen LogP contribution in [0.15, 0.2) is 47.6 Å². The number of halogens is 1. The van der Waals surface area contributed by atoms with Crippen LogP contribution >= 0.6 is 11.8 Å². The van der Waals surface area contributed by atoms with Crippen LogP contribution in [0.1, 0.15) is 24.2 Å². The maximum Gasteiger partial charge on any atom is 0.141 e. The van der Waals surface area contributed by atoms with Crippen molar-refractivity contribution in [3.63, 3.8) is 0 Å². The Morgan fingerprint density at radius 1 is 1.28 bits per heavy atom. The van der Waals surface area contributed by atoms with E-state index in [2.05, 4.69) is 4.98 Å². The number of hydrogen-bond acceptors (Lipinski definition) is 3. The molecule has 94 valence electrons. The molecule has 18 heavy (non-hydrogen) atoms. The van der Waals surface area contributed by atoms with Gasteiger partial charge in [-0.25, -0.2) is 4.39 Å². The third kappa shape index (κ3) is 3.55. The molecule has 0 saturated carbocycles. The molecule has 1 N–H and O–H groups in total. The maximum atomic E-state index is 12.9. The molecule has 0 amide bonds. The van der Waals surface area contributed by atoms with Gasteiger partial charge in [0.15, 0.2) is 0 Å². The molecular formula is C14H14FNOS. The molecule has 0 bridgehead atoms. The molecule has 2 aromatic rings. The lowest BCUT2D eigenvalue weighted by Gasteiger charge is -2.06. The highest BCUT2D eigenvalue weighted by Gasteiger charge is 2.02. The van der Waals surface area contributed by atoms with E-state index >= 15 is 0 Å². The number of benzene rings is 1. The van der Waals surface area contributed by atoms with Crippen LogP contribution in [-0.4, -0.2) is 10.1 Å². The van der Waals surface area contributed by atoms with Crippen LogP contribution in [0.25, 0.3) is 0 Å². The quantitative estimate of drug-likeness (QED) is 0.856. The number of rotatable bonds is 4. The van der Waals surface area contributed by atoms with Gasteiger partial charge in [-0.1, -0.05) is 12.1 Å². The van der Waals surface area contributed by atoms with Crippen molar-refractivity contribution in [2.24, 2.45) is 0 Å². The Hall–Kier alpha value is -1.39. The summed E-state index contributed by atoms with van der Waals surface area (Å²) in [6.07, 6.45) is 2.42. The summed E-state index contributed by atoms with van der Waals surface area (Å²) in [5.74, 6) is 0.372. The Morgan fingerprint density at radius 2 is 2.00 bits per heavy atom. The Kier molecular flexibility index (Phi) is 4.33. The predicted octanol–water partition coefficient (Wildman–Crippen LogP) is 3.57. The van der Waals surface area contributed by atoms with Crippen LogP contribution in [0.3, 0.4) is 0 Å². The fraction of sp³-hybridized carbons (Fsp3) is 0.214. The van der Waals surface area contributed by atoms with E-state index in [9.17, 15) is 9.50 Å². The van der Waals surface area contributed by atoms with Gasteiger partial charge in [0.1, 0.15) is 5.82 Å². The summed E-state index contributed by atoms with van der Waals surface area (Å²) >= 11 is 1.61. The van der Waals surface area contributed by atoms with E-state index in [1.54, 1.807) is 24.9 Å². The molecule has 2 rings (SSSR count). The fourth-order valence-electron chi connectivity index (χ4n) is 1.54. The van der Waals surface area contributed by atoms with Gasteiger partial charge in [-0.05, 0) is 36.2 Å². The molecular weight excluding hydrogens is 249 g/mol. The van der Waals surface area contributed by atoms with E-state index in [-0.39, 0.29) is 5.82 Å². The minimum atomic E-state index is -0.448. The van der Waals surface area contributed by atoms with Gasteiger partial charge in [0.05, 0.1) is 12.3 Å². The lowest BCUT2D eigenvalue weighted by Crippen LogP contribution is -1.90. The lowest BCUT2D eigenvalue weighted by molar-refractivity contribution is 0.199. The minimum absolute atomic E-state index is 0.308. The first-order valence-electron chi connectivity index (χ1n) is 5.65. The third-order valence-electron chi connectivity index (χ3n) is 2.53. The smallest absolute Gasteiger partial charge is 0.141 e. The van der Waals surface area contributed by atoms with Crippen LogP contribution in [0.4, 0.5) is 4.39 Å². The molecule has 0 saturated heterocycles. The fourth-order valence-corrected chi connectivity index (χ4v) is 2.36. The average Bonchev–Trinajstić information content (AvgIpc) is 2.37. The molecule has 0 fully saturated rings. The van der Waals surface area contributed by atoms with Crippen molar-refractivity contribution in [3.05, 3.63) is 59.7 Å². The van der Waals surface area contributed by atoms with Crippen molar-refractivity contribution in [2.45, 2.75) is 23.7 Å². The number of hydrogen-bond donors (Lipinski definition) is 1. The zero-order chi connectivity index (χ0) is 13.0. The van der Waals surface area contributed by atoms with Crippen LogP contribution < -0.4 is 0 Å². The average molecular weight is 263 g/mol. The van der Waals surface area contributed by atoms with Gasteiger partial charge in [-0.15, -0.1) is 11.8 Å². The van der Waals surface area contributed by atoms with Crippen molar-refractivity contribution in [2.75, 3.05) is 0 Å². The first kappa shape index (κ1) is 13.1. The van der Waals surface area contributed by atoms with E-state index < -0.39 is 6.10 Å². The van der Waals surface area contributed by atoms with Crippen LogP contribution in [-0.2, 0) is 5.75 Å². The highest BCUT2D eigenvalue weighted by Crippen LogP contribution is 2.24. The summed E-state index contributed by atoms with van der Waals surface area (Å²) in [6.45, 7) is 1.74. The molecule has 2 nitrogen and oxygen atoms in total. The third-order valence-corrected chi connectivity index (χ3v) is 3.61. The first-order valence-corrected chi connectivity index (χ1v) is 6.64. The van der Waals surface area contributed by atoms with Gasteiger partial charge in [0, 0.05) is 16.8 Å². The molecule has 4 heteroatoms. The standard InChI is InChI=1S/C14H14FNOS/c1-10(17)12-2-4-14(5-3-12)18-9-11-6-13(15)8-16-7-11/h2-8,10,17H,9H2,1H3. The van der Waals surface area contributed by atoms with E-state index in [4.69, 9.17) is 0 Å². The predicted molar refractivity (Wildman–Crippen MR) is 70.8 cm³/mol. The highest BCUT2D eigenvalue weighted by atomic mass is 32.2. The molecule has 0 aliphatic heterocycles. The van der Waals surface area contributed by atoms with Crippen molar-refractivity contribution in [1.29, 1.82) is 0 Å². The number of nitrogens with zero attached hydrogens (tertiary/aromatic N) is 1. The normalized spacial score (nSPS) is 12.4. The summed E-state index contributed by atoms with van der Waals surface area (Å²) in [5.41, 5.74) is 1.76. The van der Waals surface area contributed by atoms with E-state index in [1.165, 1.54) is 12.3 Å². The van der Waals surface area contributed by atoms with E-state index in [0.29, 0.717) is 5.75 Å². The maximum absolute atomic E-state index is 12.9. The first-order chi connectivity index (χ1) is 8.65. The molecule has 1 unspecified atom stereocenters. The Morgan fingerprint density at radius 3 is 2.61 bits per heavy atom. The van der Waals surface area contributed by atoms with Gasteiger partial charge in [0.25, 0.3) is 0 Å². The number of aromatic nitrogens is 1. The monoisotopic (exact) mass is 263 g/mol. The van der Waals surface area contributed by atoms with E-state index in [0.717, 1.165) is 16.0 Å². The van der Waals surface area contributed by atoms with E-state index in [1.807, 2.05) is 24.3 Å². The zero-order valence-corrected chi connectivity index (χ0v) is 10.8. The molecule has 0 radical (unpaired) electrons. The van der Waals surface area contributed by atoms with Gasteiger partial charge >= 0.3 is 0 Å². The number of aliphatic hydroxyl groups excluding tert-OH is 1. The second-order valence-electron chi connectivity index (χ2n) is 4.05. The lowest BCUT2D eigenvalue weighted by atomic mass is 10.1. The molecule has 1 heterocycles. The zero-order valence-electron chi connectivity index (χ0n) is 10.0. The van der Waals surface area contributed by atoms with Crippen LogP contribution in [0.2, 0.25) is 0 Å². The van der Waals surface area contributed by atoms with Crippen LogP contribution in [0.5, 0.6) is 0 Å². The molecule has 0 aliphatic rings. The molecule has 1 aromatic carbocycles. The van der Waals surface area contributed by atoms with Crippen molar-refractivity contribution >= 4 is 11.8 Å².